The minimum Gasteiger partial charge on any atom is -0.335 e. The molecule has 1 aliphatic rings. The van der Waals surface area contributed by atoms with Gasteiger partial charge < -0.3 is 15.1 Å². The van der Waals surface area contributed by atoms with E-state index in [0.717, 1.165) is 32.7 Å². The average Bonchev–Trinajstić information content (AvgIpc) is 2.55. The van der Waals surface area contributed by atoms with E-state index in [0.29, 0.717) is 0 Å². The molecule has 2 rings (SSSR count). The number of carbonyl (C=O) groups excluding carboxylic acids is 1. The fourth-order valence-electron chi connectivity index (χ4n) is 2.84. The highest BCUT2D eigenvalue weighted by molar-refractivity contribution is 5.74. The fraction of sp³-hybridized carbons (Fsp3) is 0.611. The minimum absolute atomic E-state index is 0.0623. The molecule has 0 radical (unpaired) electrons. The molecular formula is C18H29N3O. The van der Waals surface area contributed by atoms with Gasteiger partial charge in [0.25, 0.3) is 0 Å². The van der Waals surface area contributed by atoms with E-state index in [1.165, 1.54) is 5.56 Å². The maximum atomic E-state index is 12.5. The van der Waals surface area contributed by atoms with Crippen LogP contribution in [0.15, 0.2) is 30.3 Å². The molecule has 0 saturated carbocycles. The maximum Gasteiger partial charge on any atom is 0.317 e. The first-order valence-electron chi connectivity index (χ1n) is 8.28. The molecule has 2 amide bonds. The third-order valence-electron chi connectivity index (χ3n) is 5.05. The van der Waals surface area contributed by atoms with E-state index in [2.05, 4.69) is 62.2 Å². The number of hydrogen-bond acceptors (Lipinski definition) is 2. The van der Waals surface area contributed by atoms with Gasteiger partial charge in [-0.15, -0.1) is 0 Å². The maximum absolute atomic E-state index is 12.5. The molecule has 4 heteroatoms. The third kappa shape index (κ3) is 3.80. The molecule has 22 heavy (non-hydrogen) atoms. The molecule has 1 fully saturated rings. The molecule has 1 atom stereocenters. The van der Waals surface area contributed by atoms with Crippen LogP contribution >= 0.6 is 0 Å². The Hall–Kier alpha value is -1.55. The Morgan fingerprint density at radius 3 is 2.32 bits per heavy atom. The lowest BCUT2D eigenvalue weighted by atomic mass is 9.78. The number of rotatable bonds is 4. The highest BCUT2D eigenvalue weighted by Crippen LogP contribution is 2.26. The Labute approximate surface area is 134 Å². The number of nitrogens with zero attached hydrogens (tertiary/aromatic N) is 2. The molecule has 1 heterocycles. The van der Waals surface area contributed by atoms with Crippen molar-refractivity contribution in [2.45, 2.75) is 39.2 Å². The van der Waals surface area contributed by atoms with E-state index in [1.54, 1.807) is 0 Å². The Morgan fingerprint density at radius 1 is 1.18 bits per heavy atom. The van der Waals surface area contributed by atoms with Crippen LogP contribution in [0.5, 0.6) is 0 Å². The number of likely N-dealkylation sites (N-methyl/N-ethyl adjacent to an activating group) is 1. The SMILES string of the molecule is CCN1CCN(C(=O)NC(C)C(C)(C)c2ccccc2)CC1. The van der Waals surface area contributed by atoms with Crippen molar-refractivity contribution in [3.05, 3.63) is 35.9 Å². The lowest BCUT2D eigenvalue weighted by molar-refractivity contribution is 0.138. The van der Waals surface area contributed by atoms with Crippen LogP contribution in [-0.4, -0.2) is 54.6 Å². The third-order valence-corrected chi connectivity index (χ3v) is 5.05. The Bertz CT molecular complexity index is 478. The van der Waals surface area contributed by atoms with Gasteiger partial charge in [0, 0.05) is 37.6 Å². The predicted molar refractivity (Wildman–Crippen MR) is 91.1 cm³/mol. The summed E-state index contributed by atoms with van der Waals surface area (Å²) < 4.78 is 0. The number of amides is 2. The van der Waals surface area contributed by atoms with Gasteiger partial charge in [-0.2, -0.15) is 0 Å². The summed E-state index contributed by atoms with van der Waals surface area (Å²) >= 11 is 0. The van der Waals surface area contributed by atoms with Crippen LogP contribution in [0.4, 0.5) is 4.79 Å². The van der Waals surface area contributed by atoms with Gasteiger partial charge in [0.2, 0.25) is 0 Å². The van der Waals surface area contributed by atoms with Crippen molar-refractivity contribution in [1.82, 2.24) is 15.1 Å². The van der Waals surface area contributed by atoms with Gasteiger partial charge in [-0.05, 0) is 19.0 Å². The zero-order valence-electron chi connectivity index (χ0n) is 14.3. The van der Waals surface area contributed by atoms with E-state index in [9.17, 15) is 4.79 Å². The van der Waals surface area contributed by atoms with E-state index in [-0.39, 0.29) is 17.5 Å². The molecule has 0 spiro atoms. The summed E-state index contributed by atoms with van der Waals surface area (Å²) in [5.74, 6) is 0. The smallest absolute Gasteiger partial charge is 0.317 e. The van der Waals surface area contributed by atoms with Crippen molar-refractivity contribution in [2.75, 3.05) is 32.7 Å². The molecule has 1 aromatic rings. The summed E-state index contributed by atoms with van der Waals surface area (Å²) in [7, 11) is 0. The minimum atomic E-state index is -0.0951. The number of urea groups is 1. The van der Waals surface area contributed by atoms with E-state index < -0.39 is 0 Å². The second-order valence-corrected chi connectivity index (χ2v) is 6.68. The molecule has 122 valence electrons. The summed E-state index contributed by atoms with van der Waals surface area (Å²) in [6.45, 7) is 13.3. The summed E-state index contributed by atoms with van der Waals surface area (Å²) in [5.41, 5.74) is 1.15. The van der Waals surface area contributed by atoms with Crippen LogP contribution in [0.1, 0.15) is 33.3 Å². The first-order valence-corrected chi connectivity index (χ1v) is 8.28. The zero-order chi connectivity index (χ0) is 16.2. The van der Waals surface area contributed by atoms with Crippen LogP contribution in [0.25, 0.3) is 0 Å². The quantitative estimate of drug-likeness (QED) is 0.928. The van der Waals surface area contributed by atoms with Gasteiger partial charge in [-0.3, -0.25) is 0 Å². The van der Waals surface area contributed by atoms with Gasteiger partial charge in [-0.1, -0.05) is 51.1 Å². The Kier molecular flexibility index (Phi) is 5.46. The molecule has 4 nitrogen and oxygen atoms in total. The number of hydrogen-bond donors (Lipinski definition) is 1. The number of carbonyl (C=O) groups is 1. The topological polar surface area (TPSA) is 35.6 Å². The van der Waals surface area contributed by atoms with Gasteiger partial charge >= 0.3 is 6.03 Å². The van der Waals surface area contributed by atoms with E-state index in [4.69, 9.17) is 0 Å². The van der Waals surface area contributed by atoms with Gasteiger partial charge in [-0.25, -0.2) is 4.79 Å². The predicted octanol–water partition coefficient (Wildman–Crippen LogP) is 2.70. The summed E-state index contributed by atoms with van der Waals surface area (Å²) in [4.78, 5) is 16.8. The van der Waals surface area contributed by atoms with Crippen molar-refractivity contribution in [1.29, 1.82) is 0 Å². The van der Waals surface area contributed by atoms with Gasteiger partial charge in [0.15, 0.2) is 0 Å². The highest BCUT2D eigenvalue weighted by Gasteiger charge is 2.30. The standard InChI is InChI=1S/C18H29N3O/c1-5-20-11-13-21(14-12-20)17(22)19-15(2)18(3,4)16-9-7-6-8-10-16/h6-10,15H,5,11-14H2,1-4H3,(H,19,22). The molecule has 1 aliphatic heterocycles. The average molecular weight is 303 g/mol. The molecule has 1 N–H and O–H groups in total. The largest absolute Gasteiger partial charge is 0.335 e. The normalized spacial score (nSPS) is 18.1. The lowest BCUT2D eigenvalue weighted by Gasteiger charge is -2.37. The monoisotopic (exact) mass is 303 g/mol. The summed E-state index contributed by atoms with van der Waals surface area (Å²) in [6.07, 6.45) is 0. The molecule has 1 unspecified atom stereocenters. The molecule has 0 aromatic heterocycles. The highest BCUT2D eigenvalue weighted by atomic mass is 16.2. The Balaban J connectivity index is 1.94. The van der Waals surface area contributed by atoms with E-state index >= 15 is 0 Å². The summed E-state index contributed by atoms with van der Waals surface area (Å²) in [5, 5.41) is 3.19. The lowest BCUT2D eigenvalue weighted by Crippen LogP contribution is -2.55. The first-order chi connectivity index (χ1) is 10.4. The molecule has 1 aromatic carbocycles. The van der Waals surface area contributed by atoms with Crippen molar-refractivity contribution in [2.24, 2.45) is 0 Å². The summed E-state index contributed by atoms with van der Waals surface area (Å²) in [6, 6.07) is 10.5. The number of benzene rings is 1. The molecule has 0 aliphatic carbocycles. The van der Waals surface area contributed by atoms with Gasteiger partial charge in [0.05, 0.1) is 0 Å². The van der Waals surface area contributed by atoms with Crippen molar-refractivity contribution >= 4 is 6.03 Å². The number of nitrogens with one attached hydrogen (secondary N) is 1. The molecular weight excluding hydrogens is 274 g/mol. The molecule has 1 saturated heterocycles. The second kappa shape index (κ2) is 7.14. The zero-order valence-corrected chi connectivity index (χ0v) is 14.3. The van der Waals surface area contributed by atoms with Crippen LogP contribution < -0.4 is 5.32 Å². The van der Waals surface area contributed by atoms with Crippen LogP contribution in [0.3, 0.4) is 0 Å². The molecule has 0 bridgehead atoms. The van der Waals surface area contributed by atoms with Crippen LogP contribution in [0.2, 0.25) is 0 Å². The van der Waals surface area contributed by atoms with E-state index in [1.807, 2.05) is 11.0 Å². The second-order valence-electron chi connectivity index (χ2n) is 6.68. The van der Waals surface area contributed by atoms with Crippen molar-refractivity contribution in [3.8, 4) is 0 Å². The first kappa shape index (κ1) is 16.8. The Morgan fingerprint density at radius 2 is 1.77 bits per heavy atom. The van der Waals surface area contributed by atoms with Crippen LogP contribution in [-0.2, 0) is 5.41 Å². The van der Waals surface area contributed by atoms with Crippen molar-refractivity contribution in [3.63, 3.8) is 0 Å². The number of piperazine rings is 1. The van der Waals surface area contributed by atoms with Gasteiger partial charge in [0.1, 0.15) is 0 Å². The van der Waals surface area contributed by atoms with Crippen LogP contribution in [0, 0.1) is 0 Å². The fourth-order valence-corrected chi connectivity index (χ4v) is 2.84. The van der Waals surface area contributed by atoms with Crippen molar-refractivity contribution < 1.29 is 4.79 Å².